The molecule has 84 valence electrons. The van der Waals surface area contributed by atoms with Gasteiger partial charge in [0.15, 0.2) is 0 Å². The van der Waals surface area contributed by atoms with Gasteiger partial charge in [0.2, 0.25) is 0 Å². The number of carbonyl (C=O) groups is 1. The van der Waals surface area contributed by atoms with Crippen molar-refractivity contribution in [3.05, 3.63) is 22.7 Å². The number of nitrogens with zero attached hydrogens (tertiary/aromatic N) is 1. The zero-order chi connectivity index (χ0) is 12.1. The molecule has 4 N–H and O–H groups in total. The Morgan fingerprint density at radius 3 is 2.20 bits per heavy atom. The first-order valence-electron chi connectivity index (χ1n) is 3.34. The van der Waals surface area contributed by atoms with Crippen LogP contribution in [-0.4, -0.2) is 27.2 Å². The first-order chi connectivity index (χ1) is 6.73. The van der Waals surface area contributed by atoms with Gasteiger partial charge in [-0.15, -0.1) is 0 Å². The molecule has 1 rings (SSSR count). The number of aromatic amines is 1. The second-order valence-corrected chi connectivity index (χ2v) is 2.13. The molecule has 0 radical (unpaired) electrons. The van der Waals surface area contributed by atoms with Crippen molar-refractivity contribution in [2.45, 2.75) is 6.18 Å². The van der Waals surface area contributed by atoms with E-state index in [1.165, 1.54) is 12.3 Å². The lowest BCUT2D eigenvalue weighted by Crippen LogP contribution is -2.21. The second-order valence-electron chi connectivity index (χ2n) is 2.13. The number of hydrogen-bond acceptors (Lipinski definition) is 4. The third kappa shape index (κ3) is 6.07. The molecule has 0 aliphatic carbocycles. The summed E-state index contributed by atoms with van der Waals surface area (Å²) in [6.07, 6.45) is -3.73. The summed E-state index contributed by atoms with van der Waals surface area (Å²) in [4.78, 5) is 24.8. The Balaban J connectivity index is 0.000000265. The Morgan fingerprint density at radius 1 is 1.53 bits per heavy atom. The highest BCUT2D eigenvalue weighted by Gasteiger charge is 2.38. The molecule has 1 aromatic rings. The van der Waals surface area contributed by atoms with E-state index in [1.54, 1.807) is 0 Å². The van der Waals surface area contributed by atoms with Gasteiger partial charge in [-0.25, -0.2) is 14.6 Å². The number of aliphatic carboxylic acids is 1. The van der Waals surface area contributed by atoms with E-state index >= 15 is 0 Å². The zero-order valence-corrected chi connectivity index (χ0v) is 7.08. The second kappa shape index (κ2) is 4.98. The Kier molecular flexibility index (Phi) is 4.30. The van der Waals surface area contributed by atoms with Crippen molar-refractivity contribution in [2.75, 3.05) is 5.73 Å². The average Bonchev–Trinajstić information content (AvgIpc) is 2.02. The number of nitrogens with one attached hydrogen (secondary N) is 1. The molecule has 1 heterocycles. The molecule has 0 saturated carbocycles. The number of nitrogen functional groups attached to an aromatic ring is 1. The van der Waals surface area contributed by atoms with E-state index in [0.717, 1.165) is 0 Å². The van der Waals surface area contributed by atoms with E-state index in [1.807, 2.05) is 0 Å². The smallest absolute Gasteiger partial charge is 0.475 e. The first kappa shape index (κ1) is 12.9. The van der Waals surface area contributed by atoms with Crippen molar-refractivity contribution >= 4 is 11.8 Å². The monoisotopic (exact) mass is 225 g/mol. The lowest BCUT2D eigenvalue weighted by Gasteiger charge is -1.93. The van der Waals surface area contributed by atoms with E-state index in [4.69, 9.17) is 15.6 Å². The number of carboxylic acid groups (broad SMARTS) is 1. The lowest BCUT2D eigenvalue weighted by molar-refractivity contribution is -0.192. The summed E-state index contributed by atoms with van der Waals surface area (Å²) in [6.45, 7) is 0. The van der Waals surface area contributed by atoms with Gasteiger partial charge in [0.1, 0.15) is 5.82 Å². The molecule has 0 spiro atoms. The van der Waals surface area contributed by atoms with Gasteiger partial charge in [0.05, 0.1) is 0 Å². The van der Waals surface area contributed by atoms with Gasteiger partial charge in [0.25, 0.3) is 0 Å². The number of aromatic nitrogens is 2. The molecule has 0 amide bonds. The SMILES string of the molecule is Nc1ccnc(=O)[nH]1.O=C(O)C(F)(F)F. The minimum Gasteiger partial charge on any atom is -0.475 e. The van der Waals surface area contributed by atoms with E-state index in [9.17, 15) is 18.0 Å². The third-order valence-corrected chi connectivity index (χ3v) is 0.940. The number of H-pyrrole nitrogens is 1. The molecule has 0 fully saturated rings. The highest BCUT2D eigenvalue weighted by molar-refractivity contribution is 5.73. The number of carboxylic acids is 1. The van der Waals surface area contributed by atoms with Crippen molar-refractivity contribution in [2.24, 2.45) is 0 Å². The van der Waals surface area contributed by atoms with Crippen LogP contribution >= 0.6 is 0 Å². The highest BCUT2D eigenvalue weighted by atomic mass is 19.4. The number of rotatable bonds is 0. The van der Waals surface area contributed by atoms with E-state index in [2.05, 4.69) is 9.97 Å². The van der Waals surface area contributed by atoms with Gasteiger partial charge in [-0.05, 0) is 6.07 Å². The van der Waals surface area contributed by atoms with Crippen LogP contribution in [-0.2, 0) is 4.79 Å². The van der Waals surface area contributed by atoms with Crippen LogP contribution in [0, 0.1) is 0 Å². The summed E-state index contributed by atoms with van der Waals surface area (Å²) in [5.74, 6) is -2.42. The van der Waals surface area contributed by atoms with Crippen LogP contribution in [0.4, 0.5) is 19.0 Å². The molecule has 0 aliphatic heterocycles. The number of halogens is 3. The van der Waals surface area contributed by atoms with Crippen LogP contribution in [0.5, 0.6) is 0 Å². The lowest BCUT2D eigenvalue weighted by atomic mass is 10.6. The summed E-state index contributed by atoms with van der Waals surface area (Å²) in [7, 11) is 0. The maximum atomic E-state index is 10.6. The molecule has 0 aliphatic rings. The fourth-order valence-corrected chi connectivity index (χ4v) is 0.383. The summed E-state index contributed by atoms with van der Waals surface area (Å²) in [5.41, 5.74) is 4.75. The average molecular weight is 225 g/mol. The van der Waals surface area contributed by atoms with Crippen LogP contribution in [0.2, 0.25) is 0 Å². The molecule has 6 nitrogen and oxygen atoms in total. The van der Waals surface area contributed by atoms with Gasteiger partial charge in [-0.3, -0.25) is 4.98 Å². The molecule has 0 atom stereocenters. The minimum atomic E-state index is -5.08. The predicted molar refractivity (Wildman–Crippen MR) is 43.0 cm³/mol. The highest BCUT2D eigenvalue weighted by Crippen LogP contribution is 2.13. The Morgan fingerprint density at radius 2 is 2.00 bits per heavy atom. The number of hydrogen-bond donors (Lipinski definition) is 3. The molecular weight excluding hydrogens is 219 g/mol. The fraction of sp³-hybridized carbons (Fsp3) is 0.167. The van der Waals surface area contributed by atoms with E-state index in [0.29, 0.717) is 5.82 Å². The van der Waals surface area contributed by atoms with Crippen molar-refractivity contribution in [3.63, 3.8) is 0 Å². The van der Waals surface area contributed by atoms with Crippen molar-refractivity contribution in [1.82, 2.24) is 9.97 Å². The molecule has 0 bridgehead atoms. The number of anilines is 1. The summed E-state index contributed by atoms with van der Waals surface area (Å²) >= 11 is 0. The Bertz CT molecular complexity index is 387. The quantitative estimate of drug-likeness (QED) is 0.575. The first-order valence-corrected chi connectivity index (χ1v) is 3.34. The Labute approximate surface area is 80.6 Å². The maximum Gasteiger partial charge on any atom is 0.490 e. The van der Waals surface area contributed by atoms with E-state index < -0.39 is 17.8 Å². The fourth-order valence-electron chi connectivity index (χ4n) is 0.383. The van der Waals surface area contributed by atoms with Crippen LogP contribution in [0.3, 0.4) is 0 Å². The van der Waals surface area contributed by atoms with Gasteiger partial charge in [-0.1, -0.05) is 0 Å². The minimum absolute atomic E-state index is 0.338. The summed E-state index contributed by atoms with van der Waals surface area (Å²) in [6, 6.07) is 1.52. The van der Waals surface area contributed by atoms with Crippen LogP contribution < -0.4 is 11.4 Å². The van der Waals surface area contributed by atoms with E-state index in [-0.39, 0.29) is 0 Å². The molecule has 0 unspecified atom stereocenters. The van der Waals surface area contributed by atoms with Crippen molar-refractivity contribution in [3.8, 4) is 0 Å². The molecule has 15 heavy (non-hydrogen) atoms. The van der Waals surface area contributed by atoms with Gasteiger partial charge < -0.3 is 10.8 Å². The molecule has 0 aromatic carbocycles. The Hall–Kier alpha value is -2.06. The number of nitrogens with two attached hydrogens (primary N) is 1. The number of alkyl halides is 3. The van der Waals surface area contributed by atoms with Crippen molar-refractivity contribution in [1.29, 1.82) is 0 Å². The van der Waals surface area contributed by atoms with Gasteiger partial charge >= 0.3 is 17.8 Å². The molecule has 0 saturated heterocycles. The van der Waals surface area contributed by atoms with Gasteiger partial charge in [0, 0.05) is 6.20 Å². The standard InChI is InChI=1S/C4H5N3O.C2HF3O2/c5-3-1-2-6-4(8)7-3;3-2(4,5)1(6)7/h1-2H,(H3,5,6,7,8);(H,6,7). The molecular formula is C6H6F3N3O3. The predicted octanol–water partition coefficient (Wildman–Crippen LogP) is -0.0146. The van der Waals surface area contributed by atoms with Gasteiger partial charge in [-0.2, -0.15) is 13.2 Å². The van der Waals surface area contributed by atoms with Crippen LogP contribution in [0.15, 0.2) is 17.1 Å². The molecule has 9 heteroatoms. The van der Waals surface area contributed by atoms with Crippen LogP contribution in [0.25, 0.3) is 0 Å². The molecule has 1 aromatic heterocycles. The normalized spacial score (nSPS) is 10.1. The maximum absolute atomic E-state index is 10.6. The third-order valence-electron chi connectivity index (χ3n) is 0.940. The largest absolute Gasteiger partial charge is 0.490 e. The summed E-state index contributed by atoms with van der Waals surface area (Å²) in [5, 5.41) is 7.12. The van der Waals surface area contributed by atoms with Crippen LogP contribution in [0.1, 0.15) is 0 Å². The zero-order valence-electron chi connectivity index (χ0n) is 7.08. The van der Waals surface area contributed by atoms with Crippen molar-refractivity contribution < 1.29 is 23.1 Å². The topological polar surface area (TPSA) is 109 Å². The summed E-state index contributed by atoms with van der Waals surface area (Å²) < 4.78 is 31.7.